The van der Waals surface area contributed by atoms with Crippen molar-refractivity contribution in [1.29, 1.82) is 0 Å². The monoisotopic (exact) mass is 385 g/mol. The molecule has 0 aliphatic carbocycles. The Kier molecular flexibility index (Phi) is 7.65. The highest BCUT2D eigenvalue weighted by atomic mass is 127. The predicted molar refractivity (Wildman–Crippen MR) is 84.7 cm³/mol. The molecule has 6 nitrogen and oxygen atoms in total. The number of nitrogens with two attached hydrogens (primary N) is 1. The number of nitrogens with zero attached hydrogens (tertiary/aromatic N) is 2. The number of carbonyl (C=O) groups is 1. The Balaban J connectivity index is 0.00000324. The van der Waals surface area contributed by atoms with Gasteiger partial charge in [0.05, 0.1) is 12.7 Å². The van der Waals surface area contributed by atoms with Crippen LogP contribution in [0.4, 0.5) is 0 Å². The fourth-order valence-electron chi connectivity index (χ4n) is 1.65. The van der Waals surface area contributed by atoms with Gasteiger partial charge < -0.3 is 20.1 Å². The molecular formula is C12H24IN3O3. The van der Waals surface area contributed by atoms with Gasteiger partial charge in [0.1, 0.15) is 12.1 Å². The third-order valence-corrected chi connectivity index (χ3v) is 2.36. The van der Waals surface area contributed by atoms with Gasteiger partial charge >= 0.3 is 5.97 Å². The minimum atomic E-state index is -0.491. The van der Waals surface area contributed by atoms with E-state index < -0.39 is 5.60 Å². The molecule has 1 fully saturated rings. The van der Waals surface area contributed by atoms with Gasteiger partial charge in [-0.25, -0.2) is 4.99 Å². The van der Waals surface area contributed by atoms with Gasteiger partial charge in [0.15, 0.2) is 5.96 Å². The molecule has 1 saturated heterocycles. The molecule has 0 bridgehead atoms. The number of halogens is 1. The summed E-state index contributed by atoms with van der Waals surface area (Å²) in [6, 6.07) is 0. The van der Waals surface area contributed by atoms with Crippen molar-refractivity contribution in [2.24, 2.45) is 10.7 Å². The molecule has 0 radical (unpaired) electrons. The maximum atomic E-state index is 11.5. The molecule has 19 heavy (non-hydrogen) atoms. The third kappa shape index (κ3) is 7.56. The molecule has 0 saturated carbocycles. The smallest absolute Gasteiger partial charge is 0.328 e. The zero-order valence-corrected chi connectivity index (χ0v) is 14.3. The fourth-order valence-corrected chi connectivity index (χ4v) is 1.65. The van der Waals surface area contributed by atoms with E-state index in [-0.39, 0.29) is 42.6 Å². The maximum Gasteiger partial charge on any atom is 0.328 e. The largest absolute Gasteiger partial charge is 0.459 e. The highest BCUT2D eigenvalue weighted by molar-refractivity contribution is 14.0. The first-order valence-corrected chi connectivity index (χ1v) is 6.16. The average Bonchev–Trinajstić information content (AvgIpc) is 2.23. The van der Waals surface area contributed by atoms with Crippen LogP contribution in [0.2, 0.25) is 0 Å². The summed E-state index contributed by atoms with van der Waals surface area (Å²) in [5, 5.41) is 0. The van der Waals surface area contributed by atoms with Crippen LogP contribution in [0.25, 0.3) is 0 Å². The summed E-state index contributed by atoms with van der Waals surface area (Å²) in [5.41, 5.74) is 5.34. The van der Waals surface area contributed by atoms with Crippen LogP contribution in [0.15, 0.2) is 4.99 Å². The second kappa shape index (κ2) is 7.88. The maximum absolute atomic E-state index is 11.5. The van der Waals surface area contributed by atoms with Crippen LogP contribution in [0.3, 0.4) is 0 Å². The van der Waals surface area contributed by atoms with Crippen molar-refractivity contribution in [2.75, 3.05) is 26.2 Å². The van der Waals surface area contributed by atoms with Gasteiger partial charge in [-0.2, -0.15) is 0 Å². The molecule has 0 spiro atoms. The van der Waals surface area contributed by atoms with E-state index >= 15 is 0 Å². The first-order chi connectivity index (χ1) is 8.28. The summed E-state index contributed by atoms with van der Waals surface area (Å²) in [5.74, 6) is 0.00256. The number of ether oxygens (including phenoxy) is 2. The van der Waals surface area contributed by atoms with Crippen molar-refractivity contribution < 1.29 is 14.3 Å². The lowest BCUT2D eigenvalue weighted by atomic mass is 10.2. The number of morpholine rings is 1. The Labute approximate surface area is 131 Å². The van der Waals surface area contributed by atoms with Crippen LogP contribution >= 0.6 is 24.0 Å². The normalized spacial score (nSPS) is 20.7. The van der Waals surface area contributed by atoms with E-state index in [1.807, 2.05) is 32.6 Å². The van der Waals surface area contributed by atoms with E-state index in [0.717, 1.165) is 0 Å². The third-order valence-electron chi connectivity index (χ3n) is 2.36. The lowest BCUT2D eigenvalue weighted by Gasteiger charge is -2.31. The number of carbonyl (C=O) groups excluding carboxylic acids is 1. The van der Waals surface area contributed by atoms with Crippen LogP contribution in [0.1, 0.15) is 27.7 Å². The van der Waals surface area contributed by atoms with Crippen LogP contribution < -0.4 is 5.73 Å². The Morgan fingerprint density at radius 1 is 1.53 bits per heavy atom. The summed E-state index contributed by atoms with van der Waals surface area (Å²) >= 11 is 0. The number of hydrogen-bond acceptors (Lipinski definition) is 4. The first-order valence-electron chi connectivity index (χ1n) is 6.16. The molecule has 1 atom stereocenters. The van der Waals surface area contributed by atoms with E-state index in [4.69, 9.17) is 15.2 Å². The molecule has 0 aromatic heterocycles. The zero-order valence-electron chi connectivity index (χ0n) is 12.0. The van der Waals surface area contributed by atoms with Gasteiger partial charge in [0, 0.05) is 13.1 Å². The number of guanidine groups is 1. The van der Waals surface area contributed by atoms with E-state index in [1.165, 1.54) is 0 Å². The minimum Gasteiger partial charge on any atom is -0.459 e. The standard InChI is InChI=1S/C12H23N3O3.HI/c1-9-8-15(5-6-17-9)11(13)14-7-10(16)18-12(2,3)4;/h9H,5-8H2,1-4H3,(H2,13,14);1H. The summed E-state index contributed by atoms with van der Waals surface area (Å²) in [6.45, 7) is 9.43. The quantitative estimate of drug-likeness (QED) is 0.332. The van der Waals surface area contributed by atoms with Gasteiger partial charge in [-0.05, 0) is 27.7 Å². The van der Waals surface area contributed by atoms with E-state index in [1.54, 1.807) is 0 Å². The van der Waals surface area contributed by atoms with Gasteiger partial charge in [0.25, 0.3) is 0 Å². The molecule has 1 rings (SSSR count). The van der Waals surface area contributed by atoms with Gasteiger partial charge in [-0.15, -0.1) is 24.0 Å². The van der Waals surface area contributed by atoms with E-state index in [9.17, 15) is 4.79 Å². The first kappa shape index (κ1) is 18.4. The highest BCUT2D eigenvalue weighted by Gasteiger charge is 2.19. The molecule has 1 aliphatic heterocycles. The van der Waals surface area contributed by atoms with Crippen molar-refractivity contribution in [3.8, 4) is 0 Å². The topological polar surface area (TPSA) is 77.2 Å². The van der Waals surface area contributed by atoms with Gasteiger partial charge in [-0.3, -0.25) is 4.79 Å². The molecule has 0 aromatic rings. The van der Waals surface area contributed by atoms with Crippen LogP contribution in [0, 0.1) is 0 Å². The van der Waals surface area contributed by atoms with Gasteiger partial charge in [0.2, 0.25) is 0 Å². The highest BCUT2D eigenvalue weighted by Crippen LogP contribution is 2.07. The van der Waals surface area contributed by atoms with Crippen molar-refractivity contribution >= 4 is 35.9 Å². The SMILES string of the molecule is CC1CN(C(N)=NCC(=O)OC(C)(C)C)CCO1.I. The molecule has 1 unspecified atom stereocenters. The number of aliphatic imine (C=N–C) groups is 1. The molecule has 0 aromatic carbocycles. The van der Waals surface area contributed by atoms with Crippen LogP contribution in [0.5, 0.6) is 0 Å². The van der Waals surface area contributed by atoms with E-state index in [2.05, 4.69) is 4.99 Å². The number of esters is 1. The second-order valence-electron chi connectivity index (χ2n) is 5.39. The van der Waals surface area contributed by atoms with E-state index in [0.29, 0.717) is 25.7 Å². The summed E-state index contributed by atoms with van der Waals surface area (Å²) in [6.07, 6.45) is 0.133. The summed E-state index contributed by atoms with van der Waals surface area (Å²) < 4.78 is 10.6. The lowest BCUT2D eigenvalue weighted by molar-refractivity contribution is -0.152. The Morgan fingerprint density at radius 3 is 2.68 bits per heavy atom. The Morgan fingerprint density at radius 2 is 2.16 bits per heavy atom. The van der Waals surface area contributed by atoms with Crippen molar-refractivity contribution in [2.45, 2.75) is 39.4 Å². The molecule has 0 amide bonds. The molecule has 112 valence electrons. The average molecular weight is 385 g/mol. The Bertz CT molecular complexity index is 329. The molecule has 1 heterocycles. The van der Waals surface area contributed by atoms with Crippen molar-refractivity contribution in [1.82, 2.24) is 4.90 Å². The summed E-state index contributed by atoms with van der Waals surface area (Å²) in [7, 11) is 0. The molecule has 7 heteroatoms. The number of rotatable bonds is 2. The molecular weight excluding hydrogens is 361 g/mol. The summed E-state index contributed by atoms with van der Waals surface area (Å²) in [4.78, 5) is 17.5. The van der Waals surface area contributed by atoms with Crippen LogP contribution in [-0.4, -0.2) is 54.8 Å². The Hall–Kier alpha value is -0.570. The lowest BCUT2D eigenvalue weighted by Crippen LogP contribution is -2.48. The fraction of sp³-hybridized carbons (Fsp3) is 0.833. The van der Waals surface area contributed by atoms with Crippen molar-refractivity contribution in [3.05, 3.63) is 0 Å². The van der Waals surface area contributed by atoms with Crippen LogP contribution in [-0.2, 0) is 14.3 Å². The molecule has 1 aliphatic rings. The van der Waals surface area contributed by atoms with Crippen molar-refractivity contribution in [3.63, 3.8) is 0 Å². The predicted octanol–water partition coefficient (Wildman–Crippen LogP) is 0.981. The molecule has 2 N–H and O–H groups in total. The van der Waals surface area contributed by atoms with Gasteiger partial charge in [-0.1, -0.05) is 0 Å². The number of hydrogen-bond donors (Lipinski definition) is 1. The zero-order chi connectivity index (χ0) is 13.8. The minimum absolute atomic E-state index is 0. The second-order valence-corrected chi connectivity index (χ2v) is 5.39.